The molecule has 11 heteroatoms. The molecule has 1 spiro atoms. The smallest absolute Gasteiger partial charge is 0.240 e. The van der Waals surface area contributed by atoms with E-state index in [1.54, 1.807) is 12.1 Å². The van der Waals surface area contributed by atoms with Gasteiger partial charge in [0.15, 0.2) is 0 Å². The monoisotopic (exact) mass is 567 g/mol. The van der Waals surface area contributed by atoms with Crippen LogP contribution in [0.1, 0.15) is 30.5 Å². The van der Waals surface area contributed by atoms with Crippen LogP contribution in [0.4, 0.5) is 5.95 Å². The summed E-state index contributed by atoms with van der Waals surface area (Å²) in [6, 6.07) is 18.7. The van der Waals surface area contributed by atoms with Crippen molar-refractivity contribution in [2.24, 2.45) is 0 Å². The predicted molar refractivity (Wildman–Crippen MR) is 152 cm³/mol. The fourth-order valence-electron chi connectivity index (χ4n) is 5.28. The number of anilines is 1. The molecule has 2 aliphatic rings. The zero-order valence-corrected chi connectivity index (χ0v) is 23.5. The second-order valence-corrected chi connectivity index (χ2v) is 12.3. The Labute approximate surface area is 235 Å². The van der Waals surface area contributed by atoms with Crippen molar-refractivity contribution in [1.29, 1.82) is 0 Å². The Morgan fingerprint density at radius 3 is 2.73 bits per heavy atom. The summed E-state index contributed by atoms with van der Waals surface area (Å²) in [6.07, 6.45) is 4.55. The molecule has 3 N–H and O–H groups in total. The molecule has 0 bridgehead atoms. The van der Waals surface area contributed by atoms with Gasteiger partial charge in [-0.15, -0.1) is 0 Å². The molecule has 2 aliphatic heterocycles. The van der Waals surface area contributed by atoms with Crippen LogP contribution < -0.4 is 19.7 Å². The van der Waals surface area contributed by atoms with E-state index in [9.17, 15) is 13.5 Å². The largest absolute Gasteiger partial charge is 0.491 e. The van der Waals surface area contributed by atoms with E-state index in [1.807, 2.05) is 30.5 Å². The molecule has 1 aromatic heterocycles. The number of aliphatic hydroxyl groups excluding tert-OH is 1. The average molecular weight is 568 g/mol. The van der Waals surface area contributed by atoms with Gasteiger partial charge < -0.3 is 24.8 Å². The third-order valence-electron chi connectivity index (χ3n) is 7.56. The van der Waals surface area contributed by atoms with Gasteiger partial charge in [-0.1, -0.05) is 36.4 Å². The molecule has 3 aromatic rings. The van der Waals surface area contributed by atoms with Crippen LogP contribution in [0.3, 0.4) is 0 Å². The number of hydrogen-bond donors (Lipinski definition) is 3. The number of nitrogens with zero attached hydrogens (tertiary/aromatic N) is 3. The van der Waals surface area contributed by atoms with Crippen molar-refractivity contribution in [1.82, 2.24) is 20.0 Å². The topological polar surface area (TPSA) is 126 Å². The summed E-state index contributed by atoms with van der Waals surface area (Å²) in [5.74, 6) is 1.16. The van der Waals surface area contributed by atoms with Gasteiger partial charge in [0.2, 0.25) is 16.0 Å². The molecule has 2 unspecified atom stereocenters. The average Bonchev–Trinajstić information content (AvgIpc) is 3.38. The summed E-state index contributed by atoms with van der Waals surface area (Å²) in [4.78, 5) is 11.7. The highest BCUT2D eigenvalue weighted by atomic mass is 32.2. The lowest BCUT2D eigenvalue weighted by Gasteiger charge is -2.38. The number of piperidine rings is 1. The molecule has 0 saturated carbocycles. The third-order valence-corrected chi connectivity index (χ3v) is 8.98. The van der Waals surface area contributed by atoms with Crippen LogP contribution in [0.25, 0.3) is 0 Å². The minimum absolute atomic E-state index is 0.0487. The van der Waals surface area contributed by atoms with Crippen LogP contribution in [0.5, 0.6) is 5.75 Å². The number of sulfonamides is 1. The molecular formula is C29H37N5O5S. The van der Waals surface area contributed by atoms with Crippen molar-refractivity contribution >= 4 is 16.0 Å². The summed E-state index contributed by atoms with van der Waals surface area (Å²) < 4.78 is 38.2. The van der Waals surface area contributed by atoms with Crippen molar-refractivity contribution in [3.05, 3.63) is 78.1 Å². The van der Waals surface area contributed by atoms with E-state index in [1.165, 1.54) is 24.7 Å². The van der Waals surface area contributed by atoms with Crippen LogP contribution in [0.15, 0.2) is 71.8 Å². The lowest BCUT2D eigenvalue weighted by molar-refractivity contribution is -0.0152. The van der Waals surface area contributed by atoms with Crippen LogP contribution in [-0.4, -0.2) is 81.1 Å². The van der Waals surface area contributed by atoms with E-state index in [2.05, 4.69) is 32.1 Å². The van der Waals surface area contributed by atoms with Gasteiger partial charge in [-0.25, -0.2) is 23.1 Å². The Hall–Kier alpha value is -3.09. The first kappa shape index (κ1) is 28.4. The molecule has 0 radical (unpaired) electrons. The SMILES string of the molecule is CNS(=O)(=O)c1cccc(OCC(O)CNC2COC3(CCN(c4nccc(Cc5ccccc5)n4)CC3)C2)c1. The van der Waals surface area contributed by atoms with Crippen LogP contribution in [0, 0.1) is 0 Å². The maximum absolute atomic E-state index is 12.0. The van der Waals surface area contributed by atoms with Gasteiger partial charge in [-0.05, 0) is 50.1 Å². The fraction of sp³-hybridized carbons (Fsp3) is 0.448. The molecule has 3 heterocycles. The Balaban J connectivity index is 1.06. The van der Waals surface area contributed by atoms with E-state index in [-0.39, 0.29) is 23.1 Å². The summed E-state index contributed by atoms with van der Waals surface area (Å²) in [6.45, 7) is 2.67. The van der Waals surface area contributed by atoms with Gasteiger partial charge in [0.05, 0.1) is 22.8 Å². The third kappa shape index (κ3) is 7.15. The first-order valence-corrected chi connectivity index (χ1v) is 15.2. The first-order valence-electron chi connectivity index (χ1n) is 13.7. The second kappa shape index (κ2) is 12.6. The van der Waals surface area contributed by atoms with E-state index in [0.29, 0.717) is 18.9 Å². The Morgan fingerprint density at radius 2 is 1.95 bits per heavy atom. The molecule has 214 valence electrons. The molecule has 2 aromatic carbocycles. The number of rotatable bonds is 11. The van der Waals surface area contributed by atoms with Crippen molar-refractivity contribution < 1.29 is 23.0 Å². The van der Waals surface area contributed by atoms with Gasteiger partial charge >= 0.3 is 0 Å². The van der Waals surface area contributed by atoms with Gasteiger partial charge in [0.1, 0.15) is 18.5 Å². The van der Waals surface area contributed by atoms with Crippen LogP contribution in [0.2, 0.25) is 0 Å². The zero-order chi connectivity index (χ0) is 28.0. The molecule has 2 atom stereocenters. The molecule has 40 heavy (non-hydrogen) atoms. The van der Waals surface area contributed by atoms with E-state index < -0.39 is 16.1 Å². The van der Waals surface area contributed by atoms with Crippen molar-refractivity contribution in [3.8, 4) is 5.75 Å². The highest BCUT2D eigenvalue weighted by Crippen LogP contribution is 2.36. The summed E-state index contributed by atoms with van der Waals surface area (Å²) in [5, 5.41) is 13.9. The lowest BCUT2D eigenvalue weighted by Crippen LogP contribution is -2.45. The number of hydrogen-bond acceptors (Lipinski definition) is 9. The molecule has 0 aliphatic carbocycles. The molecule has 2 saturated heterocycles. The maximum atomic E-state index is 12.0. The molecular weight excluding hydrogens is 530 g/mol. The number of aromatic nitrogens is 2. The van der Waals surface area contributed by atoms with Crippen LogP contribution >= 0.6 is 0 Å². The highest BCUT2D eigenvalue weighted by molar-refractivity contribution is 7.89. The molecule has 0 amide bonds. The highest BCUT2D eigenvalue weighted by Gasteiger charge is 2.43. The summed E-state index contributed by atoms with van der Waals surface area (Å²) in [7, 11) is -2.20. The second-order valence-electron chi connectivity index (χ2n) is 10.4. The van der Waals surface area contributed by atoms with E-state index in [0.717, 1.165) is 50.4 Å². The van der Waals surface area contributed by atoms with Gasteiger partial charge in [0, 0.05) is 44.4 Å². The van der Waals surface area contributed by atoms with Gasteiger partial charge in [0.25, 0.3) is 0 Å². The predicted octanol–water partition coefficient (Wildman–Crippen LogP) is 2.13. The quantitative estimate of drug-likeness (QED) is 0.320. The molecule has 2 fully saturated rings. The van der Waals surface area contributed by atoms with Crippen molar-refractivity contribution in [2.45, 2.75) is 48.3 Å². The normalized spacial score (nSPS) is 19.6. The number of aliphatic hydroxyl groups is 1. The summed E-state index contributed by atoms with van der Waals surface area (Å²) in [5.41, 5.74) is 2.07. The van der Waals surface area contributed by atoms with Crippen molar-refractivity contribution in [3.63, 3.8) is 0 Å². The van der Waals surface area contributed by atoms with E-state index in [4.69, 9.17) is 14.5 Å². The Kier molecular flexibility index (Phi) is 8.97. The minimum Gasteiger partial charge on any atom is -0.491 e. The maximum Gasteiger partial charge on any atom is 0.240 e. The number of nitrogens with one attached hydrogen (secondary N) is 2. The Bertz CT molecular complexity index is 1370. The van der Waals surface area contributed by atoms with E-state index >= 15 is 0 Å². The fourth-order valence-corrected chi connectivity index (χ4v) is 6.05. The lowest BCUT2D eigenvalue weighted by atomic mass is 9.87. The molecule has 5 rings (SSSR count). The van der Waals surface area contributed by atoms with Gasteiger partial charge in [-0.2, -0.15) is 0 Å². The first-order chi connectivity index (χ1) is 19.3. The summed E-state index contributed by atoms with van der Waals surface area (Å²) >= 11 is 0. The molecule has 10 nitrogen and oxygen atoms in total. The number of ether oxygens (including phenoxy) is 2. The van der Waals surface area contributed by atoms with Gasteiger partial charge in [-0.3, -0.25) is 0 Å². The minimum atomic E-state index is -3.56. The standard InChI is InChI=1S/C29H37N5O5S/c1-30-40(36,37)27-9-5-8-26(17-27)38-21-25(35)19-32-24-18-29(39-20-24)11-14-34(15-12-29)28-31-13-10-23(33-28)16-22-6-3-2-4-7-22/h2-10,13,17,24-25,30,32,35H,11-12,14-16,18-21H2,1H3. The number of benzene rings is 2. The zero-order valence-electron chi connectivity index (χ0n) is 22.7. The van der Waals surface area contributed by atoms with Crippen molar-refractivity contribution in [2.75, 3.05) is 44.8 Å². The van der Waals surface area contributed by atoms with Crippen LogP contribution in [-0.2, 0) is 21.2 Å². The Morgan fingerprint density at radius 1 is 1.15 bits per heavy atom.